The number of piperidine rings is 1. The van der Waals surface area contributed by atoms with Crippen LogP contribution in [-0.2, 0) is 13.0 Å². The first-order valence-electron chi connectivity index (χ1n) is 8.85. The Kier molecular flexibility index (Phi) is 6.19. The van der Waals surface area contributed by atoms with Crippen molar-refractivity contribution >= 4 is 5.82 Å². The van der Waals surface area contributed by atoms with Gasteiger partial charge >= 0.3 is 0 Å². The fourth-order valence-electron chi connectivity index (χ4n) is 3.43. The first-order valence-corrected chi connectivity index (χ1v) is 8.85. The third-order valence-corrected chi connectivity index (χ3v) is 4.56. The molecule has 0 unspecified atom stereocenters. The van der Waals surface area contributed by atoms with Crippen LogP contribution in [0.3, 0.4) is 0 Å². The molecule has 134 valence electrons. The molecule has 6 heteroatoms. The summed E-state index contributed by atoms with van der Waals surface area (Å²) in [5, 5.41) is 8.88. The van der Waals surface area contributed by atoms with E-state index in [1.165, 1.54) is 18.4 Å². The topological polar surface area (TPSA) is 84.5 Å². The first kappa shape index (κ1) is 17.6. The smallest absolute Gasteiger partial charge is 0.145 e. The van der Waals surface area contributed by atoms with E-state index in [0.717, 1.165) is 37.5 Å². The summed E-state index contributed by atoms with van der Waals surface area (Å²) in [7, 11) is 0. The largest absolute Gasteiger partial charge is 0.491 e. The monoisotopic (exact) mass is 342 g/mol. The van der Waals surface area contributed by atoms with E-state index in [2.05, 4.69) is 27.0 Å². The van der Waals surface area contributed by atoms with Gasteiger partial charge in [0.15, 0.2) is 0 Å². The van der Waals surface area contributed by atoms with Gasteiger partial charge in [0.25, 0.3) is 0 Å². The van der Waals surface area contributed by atoms with Crippen molar-refractivity contribution in [2.45, 2.75) is 25.8 Å². The number of aliphatic hydroxyl groups excluding tert-OH is 1. The molecule has 3 N–H and O–H groups in total. The Morgan fingerprint density at radius 2 is 2.16 bits per heavy atom. The molecule has 0 radical (unpaired) electrons. The summed E-state index contributed by atoms with van der Waals surface area (Å²) >= 11 is 0. The van der Waals surface area contributed by atoms with E-state index in [0.29, 0.717) is 18.3 Å². The van der Waals surface area contributed by atoms with Crippen LogP contribution >= 0.6 is 0 Å². The Labute approximate surface area is 148 Å². The second-order valence-corrected chi connectivity index (χ2v) is 6.56. The average molecular weight is 342 g/mol. The Balaban J connectivity index is 1.57. The van der Waals surface area contributed by atoms with Gasteiger partial charge in [-0.2, -0.15) is 0 Å². The van der Waals surface area contributed by atoms with E-state index in [1.807, 2.05) is 12.1 Å². The number of rotatable bonds is 7. The Bertz CT molecular complexity index is 680. The van der Waals surface area contributed by atoms with E-state index in [1.54, 1.807) is 12.4 Å². The van der Waals surface area contributed by atoms with Gasteiger partial charge in [-0.1, -0.05) is 12.1 Å². The van der Waals surface area contributed by atoms with Crippen molar-refractivity contribution in [3.8, 4) is 5.75 Å². The van der Waals surface area contributed by atoms with Gasteiger partial charge in [0, 0.05) is 25.5 Å². The SMILES string of the molecule is Nc1nccnc1C[C@H]1CCCN(Cc2cccc(OCCO)c2)C1. The fraction of sp³-hybridized carbons (Fsp3) is 0.474. The van der Waals surface area contributed by atoms with E-state index in [4.69, 9.17) is 15.6 Å². The Hall–Kier alpha value is -2.18. The van der Waals surface area contributed by atoms with Gasteiger partial charge in [-0.3, -0.25) is 9.88 Å². The molecule has 1 aliphatic heterocycles. The van der Waals surface area contributed by atoms with Crippen molar-refractivity contribution in [1.82, 2.24) is 14.9 Å². The summed E-state index contributed by atoms with van der Waals surface area (Å²) in [6.45, 7) is 3.41. The lowest BCUT2D eigenvalue weighted by atomic mass is 9.93. The molecule has 1 atom stereocenters. The van der Waals surface area contributed by atoms with E-state index < -0.39 is 0 Å². The molecule has 1 aliphatic rings. The second kappa shape index (κ2) is 8.78. The zero-order valence-corrected chi connectivity index (χ0v) is 14.5. The number of hydrogen-bond acceptors (Lipinski definition) is 6. The molecular weight excluding hydrogens is 316 g/mol. The number of ether oxygens (including phenoxy) is 1. The summed E-state index contributed by atoms with van der Waals surface area (Å²) in [5.41, 5.74) is 8.08. The lowest BCUT2D eigenvalue weighted by Crippen LogP contribution is -2.36. The van der Waals surface area contributed by atoms with Crippen molar-refractivity contribution in [2.24, 2.45) is 5.92 Å². The number of hydrogen-bond donors (Lipinski definition) is 2. The maximum absolute atomic E-state index is 8.88. The number of nitrogens with two attached hydrogens (primary N) is 1. The molecule has 1 fully saturated rings. The molecule has 2 aromatic rings. The standard InChI is InChI=1S/C19H26N4O2/c20-19-18(21-6-7-22-19)12-16-4-2-8-23(14-16)13-15-3-1-5-17(11-15)25-10-9-24/h1,3,5-7,11,16,24H,2,4,8-10,12-14H2,(H2,20,22)/t16-/m1/s1. The molecular formula is C19H26N4O2. The number of anilines is 1. The van der Waals surface area contributed by atoms with Gasteiger partial charge in [-0.05, 0) is 49.4 Å². The van der Waals surface area contributed by atoms with Gasteiger partial charge in [0.1, 0.15) is 18.2 Å². The van der Waals surface area contributed by atoms with Gasteiger partial charge in [0.2, 0.25) is 0 Å². The van der Waals surface area contributed by atoms with Crippen LogP contribution in [0.15, 0.2) is 36.7 Å². The van der Waals surface area contributed by atoms with Crippen molar-refractivity contribution in [1.29, 1.82) is 0 Å². The zero-order chi connectivity index (χ0) is 17.5. The number of aliphatic hydroxyl groups is 1. The summed E-state index contributed by atoms with van der Waals surface area (Å²) in [6, 6.07) is 8.11. The van der Waals surface area contributed by atoms with Crippen molar-refractivity contribution < 1.29 is 9.84 Å². The highest BCUT2D eigenvalue weighted by Gasteiger charge is 2.21. The summed E-state index contributed by atoms with van der Waals surface area (Å²) in [5.74, 6) is 1.92. The lowest BCUT2D eigenvalue weighted by molar-refractivity contribution is 0.166. The van der Waals surface area contributed by atoms with Crippen LogP contribution in [0, 0.1) is 5.92 Å². The molecule has 2 heterocycles. The molecule has 0 amide bonds. The molecule has 3 rings (SSSR count). The molecule has 6 nitrogen and oxygen atoms in total. The highest BCUT2D eigenvalue weighted by Crippen LogP contribution is 2.23. The van der Waals surface area contributed by atoms with Gasteiger partial charge < -0.3 is 15.6 Å². The second-order valence-electron chi connectivity index (χ2n) is 6.56. The van der Waals surface area contributed by atoms with Crippen LogP contribution in [0.25, 0.3) is 0 Å². The van der Waals surface area contributed by atoms with E-state index in [9.17, 15) is 0 Å². The van der Waals surface area contributed by atoms with Gasteiger partial charge in [-0.15, -0.1) is 0 Å². The first-order chi connectivity index (χ1) is 12.2. The molecule has 0 bridgehead atoms. The fourth-order valence-corrected chi connectivity index (χ4v) is 3.43. The van der Waals surface area contributed by atoms with Crippen LogP contribution < -0.4 is 10.5 Å². The molecule has 25 heavy (non-hydrogen) atoms. The molecule has 0 saturated carbocycles. The minimum absolute atomic E-state index is 0.0313. The number of nitrogens with zero attached hydrogens (tertiary/aromatic N) is 3. The van der Waals surface area contributed by atoms with Crippen LogP contribution in [0.1, 0.15) is 24.1 Å². The summed E-state index contributed by atoms with van der Waals surface area (Å²) in [4.78, 5) is 11.0. The zero-order valence-electron chi connectivity index (χ0n) is 14.5. The number of likely N-dealkylation sites (tertiary alicyclic amines) is 1. The Morgan fingerprint density at radius 1 is 1.28 bits per heavy atom. The number of nitrogen functional groups attached to an aromatic ring is 1. The highest BCUT2D eigenvalue weighted by atomic mass is 16.5. The average Bonchev–Trinajstić information content (AvgIpc) is 2.63. The Morgan fingerprint density at radius 3 is 3.00 bits per heavy atom. The predicted octanol–water partition coefficient (Wildman–Crippen LogP) is 1.88. The van der Waals surface area contributed by atoms with E-state index >= 15 is 0 Å². The third kappa shape index (κ3) is 5.14. The van der Waals surface area contributed by atoms with Crippen molar-refractivity contribution in [2.75, 3.05) is 32.0 Å². The van der Waals surface area contributed by atoms with Crippen molar-refractivity contribution in [3.63, 3.8) is 0 Å². The maximum atomic E-state index is 8.88. The highest BCUT2D eigenvalue weighted by molar-refractivity contribution is 5.33. The molecule has 1 aromatic carbocycles. The maximum Gasteiger partial charge on any atom is 0.145 e. The predicted molar refractivity (Wildman–Crippen MR) is 97.2 cm³/mol. The van der Waals surface area contributed by atoms with Gasteiger partial charge in [0.05, 0.1) is 12.3 Å². The normalized spacial score (nSPS) is 18.2. The molecule has 1 saturated heterocycles. The van der Waals surface area contributed by atoms with Crippen LogP contribution in [0.4, 0.5) is 5.82 Å². The van der Waals surface area contributed by atoms with Crippen molar-refractivity contribution in [3.05, 3.63) is 47.9 Å². The minimum atomic E-state index is 0.0313. The summed E-state index contributed by atoms with van der Waals surface area (Å²) < 4.78 is 5.50. The molecule has 0 spiro atoms. The number of aromatic nitrogens is 2. The quantitative estimate of drug-likeness (QED) is 0.799. The van der Waals surface area contributed by atoms with Crippen LogP contribution in [0.2, 0.25) is 0 Å². The summed E-state index contributed by atoms with van der Waals surface area (Å²) in [6.07, 6.45) is 6.62. The van der Waals surface area contributed by atoms with Crippen LogP contribution in [-0.4, -0.2) is 46.3 Å². The molecule has 0 aliphatic carbocycles. The minimum Gasteiger partial charge on any atom is -0.491 e. The molecule has 1 aromatic heterocycles. The lowest BCUT2D eigenvalue weighted by Gasteiger charge is -2.32. The van der Waals surface area contributed by atoms with Gasteiger partial charge in [-0.25, -0.2) is 4.98 Å². The van der Waals surface area contributed by atoms with Crippen LogP contribution in [0.5, 0.6) is 5.75 Å². The van der Waals surface area contributed by atoms with E-state index in [-0.39, 0.29) is 6.61 Å². The number of benzene rings is 1. The third-order valence-electron chi connectivity index (χ3n) is 4.56.